The molecule has 0 aliphatic carbocycles. The van der Waals surface area contributed by atoms with Crippen LogP contribution in [0, 0.1) is 0 Å². The second-order valence-electron chi connectivity index (χ2n) is 14.4. The Hall–Kier alpha value is -5.56. The van der Waals surface area contributed by atoms with Gasteiger partial charge in [0.1, 0.15) is 17.8 Å². The Morgan fingerprint density at radius 1 is 0.741 bits per heavy atom. The van der Waals surface area contributed by atoms with Gasteiger partial charge in [0.05, 0.1) is 6.04 Å². The Bertz CT molecular complexity index is 2240. The molecule has 3 heterocycles. The van der Waals surface area contributed by atoms with Crippen molar-refractivity contribution in [2.24, 2.45) is 0 Å². The standard InChI is InChI=1S/C48H48N4O2/c1-4-18-33-24-14-27-39(37(33)5-2)44(41-29-16-31-49-41)53-47-43(35-20-8-6-9-21-35)48(51-46(50-47)36-22-10-7-11-23-36)54-45(42-30-17-32-52(42)3)40-28-15-25-34-19-12-13-26-38(34)40/h4-15,18-28,41-42,44-45,49H,2,16-17,29-32H2,1,3H3/b18-4-/t41?,42-,44?,45-/m0/s1. The summed E-state index contributed by atoms with van der Waals surface area (Å²) < 4.78 is 14.8. The van der Waals surface area contributed by atoms with Crippen molar-refractivity contribution in [3.8, 4) is 34.3 Å². The van der Waals surface area contributed by atoms with E-state index >= 15 is 0 Å². The molecule has 0 amide bonds. The molecule has 0 spiro atoms. The molecule has 1 N–H and O–H groups in total. The van der Waals surface area contributed by atoms with Crippen molar-refractivity contribution in [2.75, 3.05) is 20.1 Å². The lowest BCUT2D eigenvalue weighted by molar-refractivity contribution is 0.103. The molecule has 4 atom stereocenters. The number of likely N-dealkylation sites (tertiary alicyclic amines) is 1. The van der Waals surface area contributed by atoms with Crippen LogP contribution in [0.15, 0.2) is 134 Å². The Labute approximate surface area is 319 Å². The summed E-state index contributed by atoms with van der Waals surface area (Å²) >= 11 is 0. The van der Waals surface area contributed by atoms with E-state index in [1.165, 1.54) is 10.8 Å². The molecule has 8 rings (SSSR count). The molecule has 1 aromatic heterocycles. The minimum atomic E-state index is -0.352. The third kappa shape index (κ3) is 7.20. The predicted molar refractivity (Wildman–Crippen MR) is 222 cm³/mol. The lowest BCUT2D eigenvalue weighted by atomic mass is 9.92. The number of likely N-dealkylation sites (N-methyl/N-ethyl adjacent to an activating group) is 1. The summed E-state index contributed by atoms with van der Waals surface area (Å²) in [4.78, 5) is 13.0. The molecule has 6 nitrogen and oxygen atoms in total. The lowest BCUT2D eigenvalue weighted by Gasteiger charge is -2.32. The van der Waals surface area contributed by atoms with Crippen LogP contribution in [0.4, 0.5) is 0 Å². The maximum Gasteiger partial charge on any atom is 0.229 e. The summed E-state index contributed by atoms with van der Waals surface area (Å²) in [5.41, 5.74) is 6.96. The molecule has 272 valence electrons. The Morgan fingerprint density at radius 2 is 1.41 bits per heavy atom. The van der Waals surface area contributed by atoms with Crippen molar-refractivity contribution in [3.63, 3.8) is 0 Å². The topological polar surface area (TPSA) is 59.5 Å². The van der Waals surface area contributed by atoms with E-state index in [4.69, 9.17) is 19.4 Å². The number of benzene rings is 5. The number of rotatable bonds is 12. The fraction of sp³-hybridized carbons (Fsp3) is 0.250. The maximum atomic E-state index is 7.45. The van der Waals surface area contributed by atoms with Gasteiger partial charge in [-0.2, -0.15) is 9.97 Å². The van der Waals surface area contributed by atoms with Gasteiger partial charge in [-0.05, 0) is 80.2 Å². The number of nitrogens with zero attached hydrogens (tertiary/aromatic N) is 3. The zero-order valence-electron chi connectivity index (χ0n) is 31.2. The third-order valence-corrected chi connectivity index (χ3v) is 11.0. The van der Waals surface area contributed by atoms with Gasteiger partial charge in [-0.1, -0.05) is 146 Å². The molecule has 2 aliphatic heterocycles. The molecule has 2 unspecified atom stereocenters. The van der Waals surface area contributed by atoms with Gasteiger partial charge in [-0.25, -0.2) is 0 Å². The Morgan fingerprint density at radius 3 is 2.09 bits per heavy atom. The average Bonchev–Trinajstić information content (AvgIpc) is 3.92. The van der Waals surface area contributed by atoms with Crippen molar-refractivity contribution in [3.05, 3.63) is 156 Å². The fourth-order valence-corrected chi connectivity index (χ4v) is 8.31. The van der Waals surface area contributed by atoms with Crippen LogP contribution >= 0.6 is 0 Å². The quantitative estimate of drug-likeness (QED) is 0.136. The summed E-state index contributed by atoms with van der Waals surface area (Å²) in [6, 6.07) is 42.2. The van der Waals surface area contributed by atoms with Crippen LogP contribution in [0.2, 0.25) is 0 Å². The normalized spacial score (nSPS) is 18.6. The molecule has 2 fully saturated rings. The van der Waals surface area contributed by atoms with Gasteiger partial charge in [0.15, 0.2) is 5.82 Å². The highest BCUT2D eigenvalue weighted by Gasteiger charge is 2.36. The molecular formula is C48H48N4O2. The van der Waals surface area contributed by atoms with E-state index in [9.17, 15) is 0 Å². The zero-order valence-corrected chi connectivity index (χ0v) is 31.2. The van der Waals surface area contributed by atoms with Crippen LogP contribution in [-0.4, -0.2) is 47.1 Å². The zero-order chi connectivity index (χ0) is 36.9. The van der Waals surface area contributed by atoms with Gasteiger partial charge in [0, 0.05) is 22.7 Å². The highest BCUT2D eigenvalue weighted by Crippen LogP contribution is 2.45. The first-order chi connectivity index (χ1) is 26.6. The molecule has 2 aliphatic rings. The largest absolute Gasteiger partial charge is 0.467 e. The predicted octanol–water partition coefficient (Wildman–Crippen LogP) is 10.7. The summed E-state index contributed by atoms with van der Waals surface area (Å²) in [5, 5.41) is 6.13. The van der Waals surface area contributed by atoms with Gasteiger partial charge in [0.2, 0.25) is 11.8 Å². The summed E-state index contributed by atoms with van der Waals surface area (Å²) in [6.45, 7) is 8.24. The minimum absolute atomic E-state index is 0.0725. The van der Waals surface area contributed by atoms with Gasteiger partial charge >= 0.3 is 0 Å². The molecule has 6 aromatic rings. The van der Waals surface area contributed by atoms with Crippen LogP contribution in [0.1, 0.15) is 67.1 Å². The van der Waals surface area contributed by atoms with Crippen LogP contribution in [0.25, 0.3) is 45.4 Å². The molecule has 5 aromatic carbocycles. The van der Waals surface area contributed by atoms with Gasteiger partial charge in [0.25, 0.3) is 0 Å². The van der Waals surface area contributed by atoms with E-state index in [1.807, 2.05) is 61.5 Å². The van der Waals surface area contributed by atoms with E-state index in [1.54, 1.807) is 0 Å². The van der Waals surface area contributed by atoms with E-state index in [0.29, 0.717) is 17.6 Å². The summed E-state index contributed by atoms with van der Waals surface area (Å²) in [5.74, 6) is 1.56. The van der Waals surface area contributed by atoms with Crippen molar-refractivity contribution >= 4 is 22.9 Å². The molecule has 0 radical (unpaired) electrons. The highest BCUT2D eigenvalue weighted by molar-refractivity contribution is 5.86. The van der Waals surface area contributed by atoms with Gasteiger partial charge < -0.3 is 14.8 Å². The van der Waals surface area contributed by atoms with Crippen LogP contribution in [-0.2, 0) is 0 Å². The van der Waals surface area contributed by atoms with E-state index < -0.39 is 0 Å². The number of hydrogen-bond donors (Lipinski definition) is 1. The van der Waals surface area contributed by atoms with E-state index in [2.05, 4.69) is 109 Å². The van der Waals surface area contributed by atoms with E-state index in [0.717, 1.165) is 77.7 Å². The van der Waals surface area contributed by atoms with Gasteiger partial charge in [-0.15, -0.1) is 0 Å². The Kier molecular flexibility index (Phi) is 10.6. The Balaban J connectivity index is 1.35. The molecular weight excluding hydrogens is 665 g/mol. The van der Waals surface area contributed by atoms with Crippen LogP contribution in [0.3, 0.4) is 0 Å². The molecule has 0 saturated carbocycles. The second kappa shape index (κ2) is 16.2. The smallest absolute Gasteiger partial charge is 0.229 e. The highest BCUT2D eigenvalue weighted by atomic mass is 16.5. The van der Waals surface area contributed by atoms with Crippen LogP contribution in [0.5, 0.6) is 11.8 Å². The van der Waals surface area contributed by atoms with Crippen LogP contribution < -0.4 is 14.8 Å². The minimum Gasteiger partial charge on any atom is -0.467 e. The van der Waals surface area contributed by atoms with E-state index in [-0.39, 0.29) is 24.3 Å². The number of aromatic nitrogens is 2. The molecule has 2 saturated heterocycles. The van der Waals surface area contributed by atoms with Crippen molar-refractivity contribution < 1.29 is 9.47 Å². The van der Waals surface area contributed by atoms with Crippen molar-refractivity contribution in [2.45, 2.75) is 56.9 Å². The lowest BCUT2D eigenvalue weighted by Crippen LogP contribution is -2.35. The number of hydrogen-bond acceptors (Lipinski definition) is 6. The number of allylic oxidation sites excluding steroid dienone is 1. The number of fused-ring (bicyclic) bond motifs is 1. The second-order valence-corrected chi connectivity index (χ2v) is 14.4. The molecule has 0 bridgehead atoms. The maximum absolute atomic E-state index is 7.45. The fourth-order valence-electron chi connectivity index (χ4n) is 8.31. The summed E-state index contributed by atoms with van der Waals surface area (Å²) in [7, 11) is 2.21. The first kappa shape index (κ1) is 35.5. The summed E-state index contributed by atoms with van der Waals surface area (Å²) in [6.07, 6.45) is 9.68. The van der Waals surface area contributed by atoms with Crippen molar-refractivity contribution in [1.82, 2.24) is 20.2 Å². The molecule has 54 heavy (non-hydrogen) atoms. The monoisotopic (exact) mass is 712 g/mol. The first-order valence-electron chi connectivity index (χ1n) is 19.3. The SMILES string of the molecule is C=Cc1c(/C=C\C)cccc1C(Oc1nc(-c2ccccc2)nc(O[C@@H](c2cccc3ccccc23)[C@@H]2CCCN2C)c1-c1ccccc1)C1CCCN1. The van der Waals surface area contributed by atoms with Crippen molar-refractivity contribution in [1.29, 1.82) is 0 Å². The average molecular weight is 713 g/mol. The third-order valence-electron chi connectivity index (χ3n) is 11.0. The number of nitrogens with one attached hydrogen (secondary N) is 1. The number of ether oxygens (including phenoxy) is 2. The molecule has 6 heteroatoms. The van der Waals surface area contributed by atoms with Gasteiger partial charge in [-0.3, -0.25) is 4.90 Å². The first-order valence-corrected chi connectivity index (χ1v) is 19.3.